The number of ether oxygens (including phenoxy) is 3. The molecule has 5 unspecified atom stereocenters. The minimum atomic E-state index is -0.421. The molecule has 0 bridgehead atoms. The summed E-state index contributed by atoms with van der Waals surface area (Å²) in [4.78, 5) is 36.1. The molecule has 182 valence electrons. The lowest BCUT2D eigenvalue weighted by Crippen LogP contribution is -2.61. The minimum absolute atomic E-state index is 0.0701. The fourth-order valence-electron chi connectivity index (χ4n) is 8.99. The highest BCUT2D eigenvalue weighted by molar-refractivity contribution is 5.72. The van der Waals surface area contributed by atoms with E-state index >= 15 is 0 Å². The molecule has 33 heavy (non-hydrogen) atoms. The summed E-state index contributed by atoms with van der Waals surface area (Å²) in [5, 5.41) is 0. The third kappa shape index (κ3) is 3.30. The molecule has 4 aliphatic carbocycles. The fraction of sp³-hybridized carbons (Fsp3) is 0.815. The smallest absolute Gasteiger partial charge is 0.306 e. The van der Waals surface area contributed by atoms with Crippen LogP contribution in [-0.4, -0.2) is 35.7 Å². The van der Waals surface area contributed by atoms with Crippen molar-refractivity contribution in [1.82, 2.24) is 0 Å². The summed E-state index contributed by atoms with van der Waals surface area (Å²) in [6.07, 6.45) is 8.65. The highest BCUT2D eigenvalue weighted by Crippen LogP contribution is 2.70. The summed E-state index contributed by atoms with van der Waals surface area (Å²) in [6, 6.07) is 0. The first-order valence-electron chi connectivity index (χ1n) is 12.8. The summed E-state index contributed by atoms with van der Waals surface area (Å²) < 4.78 is 17.8. The Hall–Kier alpha value is -1.85. The van der Waals surface area contributed by atoms with Gasteiger partial charge in [-0.3, -0.25) is 14.4 Å². The van der Waals surface area contributed by atoms with Crippen LogP contribution in [0.2, 0.25) is 0 Å². The molecule has 1 spiro atoms. The first-order valence-corrected chi connectivity index (χ1v) is 12.8. The van der Waals surface area contributed by atoms with Gasteiger partial charge in [-0.2, -0.15) is 0 Å². The molecule has 5 aliphatic rings. The molecule has 0 aromatic carbocycles. The van der Waals surface area contributed by atoms with Crippen LogP contribution in [0, 0.1) is 34.5 Å². The van der Waals surface area contributed by atoms with Gasteiger partial charge in [-0.1, -0.05) is 32.4 Å². The second-order valence-electron chi connectivity index (χ2n) is 11.9. The average molecular weight is 459 g/mol. The van der Waals surface area contributed by atoms with E-state index in [1.807, 2.05) is 0 Å². The van der Waals surface area contributed by atoms with Crippen molar-refractivity contribution in [2.75, 3.05) is 0 Å². The quantitative estimate of drug-likeness (QED) is 0.338. The van der Waals surface area contributed by atoms with Crippen molar-refractivity contribution >= 4 is 17.9 Å². The first-order chi connectivity index (χ1) is 15.5. The third-order valence-electron chi connectivity index (χ3n) is 10.3. The lowest BCUT2D eigenvalue weighted by Gasteiger charge is -2.62. The number of hydrogen-bond donors (Lipinski definition) is 0. The molecule has 1 saturated heterocycles. The fourth-order valence-corrected chi connectivity index (χ4v) is 8.99. The molecule has 6 nitrogen and oxygen atoms in total. The predicted octanol–water partition coefficient (Wildman–Crippen LogP) is 4.74. The molecule has 1 aliphatic heterocycles. The number of esters is 3. The summed E-state index contributed by atoms with van der Waals surface area (Å²) in [7, 11) is 0. The van der Waals surface area contributed by atoms with E-state index in [0.29, 0.717) is 24.2 Å². The Balaban J connectivity index is 1.55. The number of fused-ring (bicyclic) bond motifs is 6. The van der Waals surface area contributed by atoms with Crippen LogP contribution in [0.1, 0.15) is 86.0 Å². The second kappa shape index (κ2) is 7.58. The van der Waals surface area contributed by atoms with Crippen LogP contribution >= 0.6 is 0 Å². The molecular formula is C27H38O6. The van der Waals surface area contributed by atoms with E-state index in [-0.39, 0.29) is 46.9 Å². The van der Waals surface area contributed by atoms with Crippen molar-refractivity contribution < 1.29 is 28.6 Å². The zero-order valence-electron chi connectivity index (χ0n) is 20.6. The Morgan fingerprint density at radius 1 is 1.06 bits per heavy atom. The normalized spacial score (nSPS) is 48.3. The van der Waals surface area contributed by atoms with Crippen molar-refractivity contribution in [2.24, 2.45) is 34.5 Å². The molecule has 1 heterocycles. The summed E-state index contributed by atoms with van der Waals surface area (Å²) in [6.45, 7) is 9.91. The first kappa shape index (κ1) is 22.9. The van der Waals surface area contributed by atoms with E-state index in [1.54, 1.807) is 0 Å². The van der Waals surface area contributed by atoms with Gasteiger partial charge >= 0.3 is 17.9 Å². The monoisotopic (exact) mass is 458 g/mol. The van der Waals surface area contributed by atoms with Crippen LogP contribution in [0.4, 0.5) is 0 Å². The zero-order chi connectivity index (χ0) is 23.8. The van der Waals surface area contributed by atoms with E-state index < -0.39 is 5.60 Å². The van der Waals surface area contributed by atoms with Gasteiger partial charge in [0, 0.05) is 38.0 Å². The number of hydrogen-bond acceptors (Lipinski definition) is 6. The molecule has 0 aromatic rings. The topological polar surface area (TPSA) is 78.9 Å². The molecule has 4 fully saturated rings. The summed E-state index contributed by atoms with van der Waals surface area (Å²) in [5.41, 5.74) is 0.660. The predicted molar refractivity (Wildman–Crippen MR) is 121 cm³/mol. The van der Waals surface area contributed by atoms with Gasteiger partial charge in [-0.05, 0) is 61.7 Å². The Bertz CT molecular complexity index is 908. The van der Waals surface area contributed by atoms with Crippen molar-refractivity contribution in [3.8, 4) is 0 Å². The van der Waals surface area contributed by atoms with E-state index in [0.717, 1.165) is 44.9 Å². The van der Waals surface area contributed by atoms with Crippen molar-refractivity contribution in [3.63, 3.8) is 0 Å². The largest absolute Gasteiger partial charge is 0.462 e. The standard InChI is InChI=1S/C27H38O6/c1-15-12-18-13-19(31-16(2)28)6-9-25(18,4)24-21(32-17(3)29)14-26(5)20(23(15)24)7-10-27(26)11-8-22(30)33-27/h12,15,19-21,23-24H,6-11,13-14H2,1-5H3/t15-,19-,20-,21+,23?,24?,25?,26?,27?/m0/s1. The van der Waals surface area contributed by atoms with Gasteiger partial charge in [0.05, 0.1) is 0 Å². The molecule has 3 saturated carbocycles. The number of allylic oxidation sites excluding steroid dienone is 1. The lowest BCUT2D eigenvalue weighted by atomic mass is 9.44. The van der Waals surface area contributed by atoms with Gasteiger partial charge in [-0.25, -0.2) is 0 Å². The molecule has 0 N–H and O–H groups in total. The van der Waals surface area contributed by atoms with Crippen LogP contribution in [0.25, 0.3) is 0 Å². The Morgan fingerprint density at radius 2 is 1.79 bits per heavy atom. The Kier molecular flexibility index (Phi) is 5.26. The number of carbonyl (C=O) groups is 3. The maximum Gasteiger partial charge on any atom is 0.306 e. The minimum Gasteiger partial charge on any atom is -0.462 e. The molecule has 0 radical (unpaired) electrons. The van der Waals surface area contributed by atoms with E-state index in [9.17, 15) is 14.4 Å². The molecule has 0 aromatic heterocycles. The van der Waals surface area contributed by atoms with Gasteiger partial charge in [0.25, 0.3) is 0 Å². The van der Waals surface area contributed by atoms with Gasteiger partial charge in [0.2, 0.25) is 0 Å². The number of rotatable bonds is 2. The van der Waals surface area contributed by atoms with E-state index in [1.165, 1.54) is 19.4 Å². The van der Waals surface area contributed by atoms with Crippen molar-refractivity contribution in [2.45, 2.75) is 104 Å². The second-order valence-corrected chi connectivity index (χ2v) is 11.9. The van der Waals surface area contributed by atoms with Crippen LogP contribution in [0.3, 0.4) is 0 Å². The SMILES string of the molecule is CC(=O)O[C@H]1CCC2(C)C(=C[C@H](C)C3C2[C@H](OC(C)=O)CC2(C)[C@H]3CCC23CCC(=O)O3)C1. The van der Waals surface area contributed by atoms with E-state index in [2.05, 4.69) is 26.8 Å². The third-order valence-corrected chi connectivity index (χ3v) is 10.3. The summed E-state index contributed by atoms with van der Waals surface area (Å²) in [5.74, 6) is 0.792. The van der Waals surface area contributed by atoms with Crippen LogP contribution in [-0.2, 0) is 28.6 Å². The van der Waals surface area contributed by atoms with Gasteiger partial charge in [0.1, 0.15) is 17.8 Å². The lowest BCUT2D eigenvalue weighted by molar-refractivity contribution is -0.200. The maximum atomic E-state index is 12.3. The Morgan fingerprint density at radius 3 is 2.42 bits per heavy atom. The highest BCUT2D eigenvalue weighted by atomic mass is 16.6. The number of carbonyl (C=O) groups excluding carboxylic acids is 3. The molecule has 6 heteroatoms. The van der Waals surface area contributed by atoms with Gasteiger partial charge in [0.15, 0.2) is 0 Å². The highest BCUT2D eigenvalue weighted by Gasteiger charge is 2.70. The Labute approximate surface area is 196 Å². The van der Waals surface area contributed by atoms with Gasteiger partial charge in [-0.15, -0.1) is 0 Å². The van der Waals surface area contributed by atoms with Gasteiger partial charge < -0.3 is 14.2 Å². The van der Waals surface area contributed by atoms with E-state index in [4.69, 9.17) is 14.2 Å². The average Bonchev–Trinajstić information content (AvgIpc) is 3.22. The molecule has 5 rings (SSSR count). The molecule has 9 atom stereocenters. The summed E-state index contributed by atoms with van der Waals surface area (Å²) >= 11 is 0. The zero-order valence-corrected chi connectivity index (χ0v) is 20.6. The molecule has 0 amide bonds. The van der Waals surface area contributed by atoms with Crippen LogP contribution in [0.15, 0.2) is 11.6 Å². The van der Waals surface area contributed by atoms with Crippen LogP contribution in [0.5, 0.6) is 0 Å². The van der Waals surface area contributed by atoms with Crippen LogP contribution < -0.4 is 0 Å². The molecular weight excluding hydrogens is 420 g/mol. The van der Waals surface area contributed by atoms with Crippen molar-refractivity contribution in [3.05, 3.63) is 11.6 Å². The van der Waals surface area contributed by atoms with Crippen molar-refractivity contribution in [1.29, 1.82) is 0 Å². The maximum absolute atomic E-state index is 12.3.